The predicted octanol–water partition coefficient (Wildman–Crippen LogP) is 6.03. The van der Waals surface area contributed by atoms with Gasteiger partial charge < -0.3 is 5.32 Å². The Hall–Kier alpha value is -2.76. The van der Waals surface area contributed by atoms with E-state index in [0.717, 1.165) is 22.5 Å². The Kier molecular flexibility index (Phi) is 5.37. The molecule has 1 unspecified atom stereocenters. The summed E-state index contributed by atoms with van der Waals surface area (Å²) in [6.07, 6.45) is 0.657. The number of rotatable bonds is 3. The van der Waals surface area contributed by atoms with Gasteiger partial charge in [-0.1, -0.05) is 54.1 Å². The molecule has 0 bridgehead atoms. The van der Waals surface area contributed by atoms with E-state index in [1.165, 1.54) is 12.1 Å². The van der Waals surface area contributed by atoms with E-state index in [1.54, 1.807) is 17.1 Å². The molecule has 1 aliphatic rings. The summed E-state index contributed by atoms with van der Waals surface area (Å²) in [6, 6.07) is 23.6. The molecule has 0 saturated heterocycles. The number of nitrogens with zero attached hydrogens (tertiary/aromatic N) is 2. The maximum Gasteiger partial charge on any atom is 0.194 e. The van der Waals surface area contributed by atoms with E-state index in [2.05, 4.69) is 5.32 Å². The molecule has 3 aromatic rings. The SMILES string of the molecule is Fc1ccc(C2CC(c3ccc(Cl)cc3)=NN2C(=S)Nc2ccccc2)cc1. The van der Waals surface area contributed by atoms with Crippen molar-refractivity contribution >= 4 is 40.3 Å². The standard InChI is InChI=1S/C22H17ClFN3S/c23-17-10-6-15(7-11-17)20-14-21(16-8-12-18(24)13-9-16)27(26-20)22(28)25-19-4-2-1-3-5-19/h1-13,21H,14H2,(H,25,28). The molecule has 1 aliphatic heterocycles. The first-order valence-electron chi connectivity index (χ1n) is 8.84. The molecule has 0 radical (unpaired) electrons. The lowest BCUT2D eigenvalue weighted by atomic mass is 9.98. The molecule has 1 atom stereocenters. The Morgan fingerprint density at radius 1 is 1.00 bits per heavy atom. The molecule has 0 saturated carbocycles. The van der Waals surface area contributed by atoms with Crippen molar-refractivity contribution in [3.05, 3.63) is 101 Å². The highest BCUT2D eigenvalue weighted by molar-refractivity contribution is 7.80. The second-order valence-electron chi connectivity index (χ2n) is 6.47. The zero-order valence-corrected chi connectivity index (χ0v) is 16.4. The maximum absolute atomic E-state index is 13.4. The minimum atomic E-state index is -0.267. The third-order valence-electron chi connectivity index (χ3n) is 4.58. The van der Waals surface area contributed by atoms with Gasteiger partial charge in [-0.2, -0.15) is 5.10 Å². The molecule has 140 valence electrons. The van der Waals surface area contributed by atoms with Gasteiger partial charge >= 0.3 is 0 Å². The van der Waals surface area contributed by atoms with Gasteiger partial charge in [0.25, 0.3) is 0 Å². The number of hydrogen-bond donors (Lipinski definition) is 1. The lowest BCUT2D eigenvalue weighted by Gasteiger charge is -2.25. The fourth-order valence-corrected chi connectivity index (χ4v) is 3.57. The van der Waals surface area contributed by atoms with Crippen LogP contribution in [-0.4, -0.2) is 15.8 Å². The van der Waals surface area contributed by atoms with E-state index < -0.39 is 0 Å². The van der Waals surface area contributed by atoms with Crippen LogP contribution in [0.15, 0.2) is 84.0 Å². The van der Waals surface area contributed by atoms with Crippen molar-refractivity contribution in [1.82, 2.24) is 5.01 Å². The Morgan fingerprint density at radius 2 is 1.68 bits per heavy atom. The maximum atomic E-state index is 13.4. The van der Waals surface area contributed by atoms with Crippen LogP contribution < -0.4 is 5.32 Å². The molecule has 3 nitrogen and oxygen atoms in total. The third kappa shape index (κ3) is 4.06. The van der Waals surface area contributed by atoms with E-state index in [4.69, 9.17) is 28.9 Å². The molecule has 28 heavy (non-hydrogen) atoms. The normalized spacial score (nSPS) is 16.0. The molecule has 0 amide bonds. The second-order valence-corrected chi connectivity index (χ2v) is 7.29. The minimum absolute atomic E-state index is 0.116. The quantitative estimate of drug-likeness (QED) is 0.535. The molecule has 0 spiro atoms. The van der Waals surface area contributed by atoms with Crippen molar-refractivity contribution < 1.29 is 4.39 Å². The van der Waals surface area contributed by atoms with Crippen LogP contribution in [0.1, 0.15) is 23.6 Å². The predicted molar refractivity (Wildman–Crippen MR) is 116 cm³/mol. The zero-order valence-electron chi connectivity index (χ0n) is 14.8. The van der Waals surface area contributed by atoms with Crippen molar-refractivity contribution in [3.8, 4) is 0 Å². The number of anilines is 1. The fourth-order valence-electron chi connectivity index (χ4n) is 3.16. The Bertz CT molecular complexity index is 1000. The van der Waals surface area contributed by atoms with Gasteiger partial charge in [0, 0.05) is 17.1 Å². The summed E-state index contributed by atoms with van der Waals surface area (Å²) < 4.78 is 13.4. The monoisotopic (exact) mass is 409 g/mol. The molecule has 4 rings (SSSR count). The first-order valence-corrected chi connectivity index (χ1v) is 9.63. The first-order chi connectivity index (χ1) is 13.6. The summed E-state index contributed by atoms with van der Waals surface area (Å²) in [5.74, 6) is -0.267. The van der Waals surface area contributed by atoms with Crippen LogP contribution >= 0.6 is 23.8 Å². The highest BCUT2D eigenvalue weighted by Crippen LogP contribution is 2.33. The van der Waals surface area contributed by atoms with Gasteiger partial charge in [0.2, 0.25) is 0 Å². The molecule has 6 heteroatoms. The molecule has 0 aromatic heterocycles. The molecular weight excluding hydrogens is 393 g/mol. The van der Waals surface area contributed by atoms with E-state index >= 15 is 0 Å². The highest BCUT2D eigenvalue weighted by atomic mass is 35.5. The number of thiocarbonyl (C=S) groups is 1. The van der Waals surface area contributed by atoms with Crippen molar-refractivity contribution in [2.75, 3.05) is 5.32 Å². The van der Waals surface area contributed by atoms with Crippen LogP contribution in [0.2, 0.25) is 5.02 Å². The van der Waals surface area contributed by atoms with E-state index in [9.17, 15) is 4.39 Å². The summed E-state index contributed by atoms with van der Waals surface area (Å²) in [7, 11) is 0. The van der Waals surface area contributed by atoms with Gasteiger partial charge in [0.05, 0.1) is 11.8 Å². The summed E-state index contributed by atoms with van der Waals surface area (Å²) >= 11 is 11.6. The van der Waals surface area contributed by atoms with Gasteiger partial charge in [-0.15, -0.1) is 0 Å². The van der Waals surface area contributed by atoms with Crippen molar-refractivity contribution in [1.29, 1.82) is 0 Å². The number of nitrogens with one attached hydrogen (secondary N) is 1. The largest absolute Gasteiger partial charge is 0.331 e. The average Bonchev–Trinajstić information content (AvgIpc) is 3.15. The molecule has 1 heterocycles. The molecule has 0 fully saturated rings. The van der Waals surface area contributed by atoms with Gasteiger partial charge in [-0.05, 0) is 59.7 Å². The number of para-hydroxylation sites is 1. The zero-order chi connectivity index (χ0) is 19.5. The molecule has 3 aromatic carbocycles. The molecular formula is C22H17ClFN3S. The second kappa shape index (κ2) is 8.09. The van der Waals surface area contributed by atoms with Crippen LogP contribution in [0.5, 0.6) is 0 Å². The average molecular weight is 410 g/mol. The van der Waals surface area contributed by atoms with Crippen molar-refractivity contribution in [3.63, 3.8) is 0 Å². The van der Waals surface area contributed by atoms with Crippen LogP contribution in [0, 0.1) is 5.82 Å². The van der Waals surface area contributed by atoms with E-state index in [0.29, 0.717) is 16.6 Å². The first kappa shape index (κ1) is 18.6. The Balaban J connectivity index is 1.65. The van der Waals surface area contributed by atoms with Crippen LogP contribution in [0.25, 0.3) is 0 Å². The summed E-state index contributed by atoms with van der Waals surface area (Å²) in [4.78, 5) is 0. The molecule has 0 aliphatic carbocycles. The van der Waals surface area contributed by atoms with E-state index in [-0.39, 0.29) is 11.9 Å². The smallest absolute Gasteiger partial charge is 0.194 e. The van der Waals surface area contributed by atoms with Gasteiger partial charge in [0.1, 0.15) is 5.82 Å². The van der Waals surface area contributed by atoms with Crippen molar-refractivity contribution in [2.45, 2.75) is 12.5 Å². The van der Waals surface area contributed by atoms with Gasteiger partial charge in [-0.25, -0.2) is 9.40 Å². The van der Waals surface area contributed by atoms with Crippen molar-refractivity contribution in [2.24, 2.45) is 5.10 Å². The van der Waals surface area contributed by atoms with Gasteiger partial charge in [0.15, 0.2) is 5.11 Å². The summed E-state index contributed by atoms with van der Waals surface area (Å²) in [5.41, 5.74) is 3.73. The fraction of sp³-hybridized carbons (Fsp3) is 0.0909. The Labute approximate surface area is 173 Å². The number of hydrogen-bond acceptors (Lipinski definition) is 2. The lowest BCUT2D eigenvalue weighted by Crippen LogP contribution is -2.31. The Morgan fingerprint density at radius 3 is 2.36 bits per heavy atom. The number of benzene rings is 3. The summed E-state index contributed by atoms with van der Waals surface area (Å²) in [5, 5.41) is 11.0. The van der Waals surface area contributed by atoms with Crippen LogP contribution in [-0.2, 0) is 0 Å². The topological polar surface area (TPSA) is 27.6 Å². The van der Waals surface area contributed by atoms with E-state index in [1.807, 2.05) is 54.6 Å². The lowest BCUT2D eigenvalue weighted by molar-refractivity contribution is 0.375. The summed E-state index contributed by atoms with van der Waals surface area (Å²) in [6.45, 7) is 0. The number of halogens is 2. The van der Waals surface area contributed by atoms with Crippen LogP contribution in [0.3, 0.4) is 0 Å². The number of hydrazone groups is 1. The third-order valence-corrected chi connectivity index (χ3v) is 5.12. The van der Waals surface area contributed by atoms with Gasteiger partial charge in [-0.3, -0.25) is 0 Å². The van der Waals surface area contributed by atoms with Crippen LogP contribution in [0.4, 0.5) is 10.1 Å². The minimum Gasteiger partial charge on any atom is -0.331 e. The molecule has 1 N–H and O–H groups in total. The highest BCUT2D eigenvalue weighted by Gasteiger charge is 2.31.